The number of aromatic nitrogens is 3. The average molecular weight is 685 g/mol. The third kappa shape index (κ3) is 7.90. The summed E-state index contributed by atoms with van der Waals surface area (Å²) in [5.41, 5.74) is 2.16. The van der Waals surface area contributed by atoms with Crippen molar-refractivity contribution in [3.05, 3.63) is 103 Å². The third-order valence-corrected chi connectivity index (χ3v) is 8.07. The molecule has 44 heavy (non-hydrogen) atoms. The lowest BCUT2D eigenvalue weighted by Gasteiger charge is -2.36. The van der Waals surface area contributed by atoms with Crippen LogP contribution in [0.15, 0.2) is 69.9 Å². The smallest absolute Gasteiger partial charge is 0.407 e. The summed E-state index contributed by atoms with van der Waals surface area (Å²) in [6, 6.07) is 18.2. The van der Waals surface area contributed by atoms with Gasteiger partial charge in [-0.05, 0) is 75.9 Å². The predicted molar refractivity (Wildman–Crippen MR) is 176 cm³/mol. The molecule has 0 unspecified atom stereocenters. The van der Waals surface area contributed by atoms with Crippen molar-refractivity contribution in [1.82, 2.24) is 24.4 Å². The fraction of sp³-hybridized carbons (Fsp3) is 0.394. The molecule has 0 fully saturated rings. The van der Waals surface area contributed by atoms with Crippen LogP contribution < -0.4 is 11.0 Å². The maximum absolute atomic E-state index is 14.2. The zero-order valence-electron chi connectivity index (χ0n) is 25.9. The third-order valence-electron chi connectivity index (χ3n) is 7.08. The molecular formula is C33H39BrClN5O4. The first-order chi connectivity index (χ1) is 20.8. The summed E-state index contributed by atoms with van der Waals surface area (Å²) in [6.45, 7) is 12.1. The van der Waals surface area contributed by atoms with E-state index < -0.39 is 17.7 Å². The lowest BCUT2D eigenvalue weighted by Crippen LogP contribution is -2.43. The normalized spacial score (nSPS) is 12.4. The number of carbonyl (C=O) groups excluding carboxylic acids is 2. The van der Waals surface area contributed by atoms with Gasteiger partial charge in [0, 0.05) is 28.8 Å². The Morgan fingerprint density at radius 1 is 1.09 bits per heavy atom. The minimum absolute atomic E-state index is 0.0973. The lowest BCUT2D eigenvalue weighted by molar-refractivity contribution is 0.0520. The van der Waals surface area contributed by atoms with Crippen LogP contribution in [0.25, 0.3) is 5.52 Å². The van der Waals surface area contributed by atoms with Crippen molar-refractivity contribution in [1.29, 1.82) is 0 Å². The summed E-state index contributed by atoms with van der Waals surface area (Å²) in [5, 5.41) is 7.59. The zero-order chi connectivity index (χ0) is 32.2. The number of hydrogen-bond donors (Lipinski definition) is 1. The van der Waals surface area contributed by atoms with Gasteiger partial charge in [-0.2, -0.15) is 9.61 Å². The van der Waals surface area contributed by atoms with Gasteiger partial charge in [-0.1, -0.05) is 71.7 Å². The fourth-order valence-electron chi connectivity index (χ4n) is 5.15. The first-order valence-corrected chi connectivity index (χ1v) is 15.8. The van der Waals surface area contributed by atoms with Crippen molar-refractivity contribution in [2.45, 2.75) is 66.2 Å². The van der Waals surface area contributed by atoms with Gasteiger partial charge in [0.1, 0.15) is 5.60 Å². The molecule has 0 aliphatic carbocycles. The van der Waals surface area contributed by atoms with Crippen molar-refractivity contribution in [2.24, 2.45) is 5.92 Å². The van der Waals surface area contributed by atoms with Crippen LogP contribution in [-0.2, 0) is 11.3 Å². The summed E-state index contributed by atoms with van der Waals surface area (Å²) in [4.78, 5) is 42.4. The maximum Gasteiger partial charge on any atom is 0.407 e. The van der Waals surface area contributed by atoms with Crippen molar-refractivity contribution in [3.8, 4) is 0 Å². The highest BCUT2D eigenvalue weighted by Crippen LogP contribution is 2.33. The molecule has 0 radical (unpaired) electrons. The number of rotatable bonds is 10. The van der Waals surface area contributed by atoms with Crippen molar-refractivity contribution in [2.75, 3.05) is 13.1 Å². The van der Waals surface area contributed by atoms with E-state index in [1.165, 1.54) is 4.52 Å². The SMILES string of the molecule is Cc1nn2c(=O)n(Cc3ccccc3)c([C@@H](C(C)C)N(CCCNC(=O)OC(C)(C)C)C(=O)c3ccc(Br)cc3)cc2c1Cl. The summed E-state index contributed by atoms with van der Waals surface area (Å²) >= 11 is 10.1. The van der Waals surface area contributed by atoms with Gasteiger partial charge in [-0.25, -0.2) is 9.59 Å². The molecule has 234 valence electrons. The summed E-state index contributed by atoms with van der Waals surface area (Å²) in [5.74, 6) is -0.289. The molecule has 4 rings (SSSR count). The van der Waals surface area contributed by atoms with E-state index in [-0.39, 0.29) is 24.1 Å². The monoisotopic (exact) mass is 683 g/mol. The molecule has 1 N–H and O–H groups in total. The molecule has 11 heteroatoms. The van der Waals surface area contributed by atoms with Gasteiger partial charge < -0.3 is 15.0 Å². The van der Waals surface area contributed by atoms with Crippen molar-refractivity contribution >= 4 is 45.0 Å². The second kappa shape index (κ2) is 14.0. The minimum atomic E-state index is -0.620. The van der Waals surface area contributed by atoms with E-state index in [0.29, 0.717) is 47.0 Å². The highest BCUT2D eigenvalue weighted by atomic mass is 79.9. The molecule has 0 saturated heterocycles. The highest BCUT2D eigenvalue weighted by molar-refractivity contribution is 9.10. The van der Waals surface area contributed by atoms with Crippen LogP contribution in [-0.4, -0.2) is 49.8 Å². The van der Waals surface area contributed by atoms with Crippen LogP contribution >= 0.6 is 27.5 Å². The van der Waals surface area contributed by atoms with E-state index in [2.05, 4.69) is 26.3 Å². The van der Waals surface area contributed by atoms with E-state index in [1.807, 2.05) is 62.4 Å². The molecule has 1 atom stereocenters. The fourth-order valence-corrected chi connectivity index (χ4v) is 5.59. The number of nitrogens with zero attached hydrogens (tertiary/aromatic N) is 4. The minimum Gasteiger partial charge on any atom is -0.444 e. The van der Waals surface area contributed by atoms with Gasteiger partial charge in [0.2, 0.25) is 0 Å². The second-order valence-electron chi connectivity index (χ2n) is 12.1. The molecule has 0 saturated carbocycles. The Morgan fingerprint density at radius 2 is 1.75 bits per heavy atom. The number of benzene rings is 2. The maximum atomic E-state index is 14.2. The molecule has 4 aromatic rings. The van der Waals surface area contributed by atoms with Gasteiger partial charge in [0.15, 0.2) is 0 Å². The average Bonchev–Trinajstić information content (AvgIpc) is 3.24. The number of aryl methyl sites for hydroxylation is 1. The Kier molecular flexibility index (Phi) is 10.6. The second-order valence-corrected chi connectivity index (χ2v) is 13.4. The zero-order valence-corrected chi connectivity index (χ0v) is 28.3. The van der Waals surface area contributed by atoms with Crippen LogP contribution in [0.1, 0.15) is 74.4 Å². The first kappa shape index (κ1) is 33.3. The van der Waals surface area contributed by atoms with Gasteiger partial charge >= 0.3 is 11.8 Å². The first-order valence-electron chi connectivity index (χ1n) is 14.6. The largest absolute Gasteiger partial charge is 0.444 e. The Morgan fingerprint density at radius 3 is 2.36 bits per heavy atom. The number of amides is 2. The van der Waals surface area contributed by atoms with Gasteiger partial charge in [0.25, 0.3) is 5.91 Å². The molecule has 0 bridgehead atoms. The molecular weight excluding hydrogens is 646 g/mol. The Labute approximate surface area is 271 Å². The number of alkyl carbamates (subject to hydrolysis) is 1. The molecule has 0 aliphatic rings. The van der Waals surface area contributed by atoms with Crippen LogP contribution in [0, 0.1) is 12.8 Å². The van der Waals surface area contributed by atoms with E-state index in [0.717, 1.165) is 10.0 Å². The van der Waals surface area contributed by atoms with Crippen molar-refractivity contribution in [3.63, 3.8) is 0 Å². The van der Waals surface area contributed by atoms with Crippen LogP contribution in [0.2, 0.25) is 5.02 Å². The number of ether oxygens (including phenoxy) is 1. The number of nitrogens with one attached hydrogen (secondary N) is 1. The van der Waals surface area contributed by atoms with Crippen LogP contribution in [0.3, 0.4) is 0 Å². The van der Waals surface area contributed by atoms with E-state index in [4.69, 9.17) is 16.3 Å². The molecule has 0 spiro atoms. The number of carbonyl (C=O) groups is 2. The Balaban J connectivity index is 1.80. The Bertz CT molecular complexity index is 1680. The highest BCUT2D eigenvalue weighted by Gasteiger charge is 2.32. The van der Waals surface area contributed by atoms with Gasteiger partial charge in [0.05, 0.1) is 28.8 Å². The molecule has 2 aromatic heterocycles. The van der Waals surface area contributed by atoms with E-state index >= 15 is 0 Å². The number of hydrogen-bond acceptors (Lipinski definition) is 5. The lowest BCUT2D eigenvalue weighted by atomic mass is 9.96. The molecule has 0 aliphatic heterocycles. The topological polar surface area (TPSA) is 97.9 Å². The molecule has 9 nitrogen and oxygen atoms in total. The van der Waals surface area contributed by atoms with Gasteiger partial charge in [-0.3, -0.25) is 9.36 Å². The molecule has 2 amide bonds. The number of halogens is 2. The molecule has 2 aromatic carbocycles. The quantitative estimate of drug-likeness (QED) is 0.181. The Hall–Kier alpha value is -3.63. The van der Waals surface area contributed by atoms with Crippen molar-refractivity contribution < 1.29 is 14.3 Å². The summed E-state index contributed by atoms with van der Waals surface area (Å²) < 4.78 is 9.23. The predicted octanol–water partition coefficient (Wildman–Crippen LogP) is 7.02. The summed E-state index contributed by atoms with van der Waals surface area (Å²) in [6.07, 6.45) is -0.0563. The van der Waals surface area contributed by atoms with E-state index in [1.54, 1.807) is 49.3 Å². The molecule has 2 heterocycles. The van der Waals surface area contributed by atoms with Crippen LogP contribution in [0.4, 0.5) is 4.79 Å². The van der Waals surface area contributed by atoms with Gasteiger partial charge in [-0.15, -0.1) is 0 Å². The number of fused-ring (bicyclic) bond motifs is 1. The van der Waals surface area contributed by atoms with Crippen LogP contribution in [0.5, 0.6) is 0 Å². The standard InChI is InChI=1S/C33H39BrClN5O4/c1-21(2)29(27-19-26-28(35)22(3)37-40(26)32(43)39(27)20-23-11-8-7-9-12-23)38(30(41)24-13-15-25(34)16-14-24)18-10-17-36-31(42)44-33(4,5)6/h7-9,11-16,19,21,29H,10,17-18,20H2,1-6H3,(H,36,42)/t29-/m1/s1. The van der Waals surface area contributed by atoms with E-state index in [9.17, 15) is 14.4 Å². The summed E-state index contributed by atoms with van der Waals surface area (Å²) in [7, 11) is 0.